The van der Waals surface area contributed by atoms with Crippen LogP contribution in [-0.2, 0) is 16.1 Å². The third-order valence-corrected chi connectivity index (χ3v) is 15.5. The summed E-state index contributed by atoms with van der Waals surface area (Å²) in [6.45, 7) is 13.5. The van der Waals surface area contributed by atoms with Crippen molar-refractivity contribution in [1.29, 1.82) is 5.26 Å². The normalized spacial score (nSPS) is 26.3. The first-order valence-electron chi connectivity index (χ1n) is 22.8. The summed E-state index contributed by atoms with van der Waals surface area (Å²) in [6.07, 6.45) is 5.06. The summed E-state index contributed by atoms with van der Waals surface area (Å²) in [5, 5.41) is 11.9. The zero-order chi connectivity index (χ0) is 46.2. The molecule has 0 radical (unpaired) electrons. The number of nitrogens with one attached hydrogen (secondary N) is 1. The van der Waals surface area contributed by atoms with Gasteiger partial charge in [0.05, 0.1) is 34.1 Å². The van der Waals surface area contributed by atoms with E-state index in [1.54, 1.807) is 18.2 Å². The molecule has 14 heteroatoms. The number of benzene rings is 2. The Hall–Kier alpha value is -5.63. The van der Waals surface area contributed by atoms with Crippen molar-refractivity contribution in [3.8, 4) is 23.7 Å². The van der Waals surface area contributed by atoms with Gasteiger partial charge in [0.25, 0.3) is 5.91 Å². The first-order chi connectivity index (χ1) is 30.9. The number of hydrogen-bond acceptors (Lipinski definition) is 10. The molecular formula is C51H54ClFN6O6. The molecule has 3 amide bonds. The van der Waals surface area contributed by atoms with Crippen LogP contribution in [0.1, 0.15) is 134 Å². The number of anilines is 1. The van der Waals surface area contributed by atoms with E-state index in [-0.39, 0.29) is 82.3 Å². The maximum absolute atomic E-state index is 15.7. The maximum Gasteiger partial charge on any atom is 0.256 e. The van der Waals surface area contributed by atoms with E-state index in [1.807, 2.05) is 21.9 Å². The fourth-order valence-corrected chi connectivity index (χ4v) is 12.5. The molecule has 3 aromatic rings. The summed E-state index contributed by atoms with van der Waals surface area (Å²) >= 11 is 6.30. The quantitative estimate of drug-likeness (QED) is 0.130. The first kappa shape index (κ1) is 44.6. The van der Waals surface area contributed by atoms with Gasteiger partial charge in [0, 0.05) is 89.8 Å². The van der Waals surface area contributed by atoms with Gasteiger partial charge in [0.15, 0.2) is 11.6 Å². The second kappa shape index (κ2) is 16.7. The van der Waals surface area contributed by atoms with E-state index in [0.29, 0.717) is 59.0 Å². The third-order valence-electron chi connectivity index (χ3n) is 15.2. The molecule has 0 bridgehead atoms. The number of imide groups is 1. The van der Waals surface area contributed by atoms with Crippen LogP contribution in [0.3, 0.4) is 0 Å². The predicted molar refractivity (Wildman–Crippen MR) is 241 cm³/mol. The maximum atomic E-state index is 15.7. The molecule has 1 spiro atoms. The summed E-state index contributed by atoms with van der Waals surface area (Å²) in [4.78, 5) is 75.0. The minimum atomic E-state index is -0.693. The Labute approximate surface area is 384 Å². The number of carbonyl (C=O) groups excluding carboxylic acids is 5. The average Bonchev–Trinajstić information content (AvgIpc) is 3.83. The smallest absolute Gasteiger partial charge is 0.256 e. The Kier molecular flexibility index (Phi) is 11.4. The third kappa shape index (κ3) is 8.09. The van der Waals surface area contributed by atoms with Crippen molar-refractivity contribution in [2.45, 2.75) is 111 Å². The number of Topliss-reactive ketones (excluding diaryl/α,β-unsaturated/α-hetero) is 2. The predicted octanol–water partition coefficient (Wildman–Crippen LogP) is 7.53. The highest BCUT2D eigenvalue weighted by Crippen LogP contribution is 2.59. The number of nitriles is 1. The fourth-order valence-electron chi connectivity index (χ4n) is 12.3. The first-order valence-corrected chi connectivity index (χ1v) is 23.1. The number of aromatic nitrogens is 1. The lowest BCUT2D eigenvalue weighted by Crippen LogP contribution is -2.74. The van der Waals surface area contributed by atoms with E-state index in [1.165, 1.54) is 13.0 Å². The van der Waals surface area contributed by atoms with Crippen molar-refractivity contribution in [2.24, 2.45) is 28.1 Å². The van der Waals surface area contributed by atoms with E-state index in [9.17, 15) is 29.2 Å². The number of hydrogen-bond donors (Lipinski definition) is 1. The molecule has 3 saturated heterocycles. The average molecular weight is 901 g/mol. The van der Waals surface area contributed by atoms with E-state index >= 15 is 4.39 Å². The molecule has 12 nitrogen and oxygen atoms in total. The monoisotopic (exact) mass is 900 g/mol. The number of pyridine rings is 1. The van der Waals surface area contributed by atoms with Gasteiger partial charge >= 0.3 is 0 Å². The molecule has 1 N–H and O–H groups in total. The van der Waals surface area contributed by atoms with Gasteiger partial charge < -0.3 is 14.5 Å². The number of piperidine rings is 1. The van der Waals surface area contributed by atoms with Crippen LogP contribution in [0.5, 0.6) is 5.75 Å². The molecule has 2 aromatic carbocycles. The van der Waals surface area contributed by atoms with Crippen molar-refractivity contribution >= 4 is 46.6 Å². The largest absolute Gasteiger partial charge is 0.489 e. The van der Waals surface area contributed by atoms with E-state index < -0.39 is 23.4 Å². The van der Waals surface area contributed by atoms with Crippen molar-refractivity contribution in [3.05, 3.63) is 86.9 Å². The Bertz CT molecular complexity index is 2620. The van der Waals surface area contributed by atoms with Gasteiger partial charge in [-0.2, -0.15) is 5.26 Å². The lowest BCUT2D eigenvalue weighted by Gasteiger charge is -2.65. The summed E-state index contributed by atoms with van der Waals surface area (Å²) in [6, 6.07) is 13.9. The van der Waals surface area contributed by atoms with Crippen molar-refractivity contribution in [3.63, 3.8) is 0 Å². The second-order valence-electron chi connectivity index (χ2n) is 20.5. The molecule has 2 saturated carbocycles. The topological polar surface area (TPSA) is 153 Å². The Morgan fingerprint density at radius 3 is 2.38 bits per heavy atom. The number of nitrogens with zero attached hydrogens (tertiary/aromatic N) is 5. The van der Waals surface area contributed by atoms with Crippen LogP contribution in [0.4, 0.5) is 10.1 Å². The van der Waals surface area contributed by atoms with Crippen molar-refractivity contribution in [1.82, 2.24) is 20.1 Å². The number of carbonyl (C=O) groups is 5. The zero-order valence-electron chi connectivity index (χ0n) is 37.6. The van der Waals surface area contributed by atoms with Crippen molar-refractivity contribution < 1.29 is 33.1 Å². The molecule has 5 fully saturated rings. The van der Waals surface area contributed by atoms with Gasteiger partial charge in [-0.3, -0.25) is 34.2 Å². The molecule has 1 atom stereocenters. The van der Waals surface area contributed by atoms with Gasteiger partial charge in [-0.05, 0) is 94.3 Å². The minimum Gasteiger partial charge on any atom is -0.489 e. The molecule has 2 aliphatic carbocycles. The standard InChI is InChI=1S/C51H54ClFN6O6/c1-29(60)37-23-42(40(53)22-38(37)43(61)20-31-10-17-44(62)56-45(31)63)58-27-51(28-58)18-19-57(26-51)34-13-7-30(8-14-34)6-11-33-12-16-36-41(55-33)25-59(46(36)64)47-49(2,3)48(50(47,4)5)65-35-15-9-32(24-54)39(52)21-35/h9,12,15-16,21-23,30-31,34,47-48H,7-8,10,13-14,17-20,25-28H2,1-5H3,(H,56,62,63)/t30?,31?,34?,47-,48-. The van der Waals surface area contributed by atoms with Crippen LogP contribution >= 0.6 is 11.6 Å². The highest BCUT2D eigenvalue weighted by Gasteiger charge is 2.67. The van der Waals surface area contributed by atoms with E-state index in [4.69, 9.17) is 21.3 Å². The lowest BCUT2D eigenvalue weighted by atomic mass is 9.49. The molecule has 338 valence electrons. The van der Waals surface area contributed by atoms with Gasteiger partial charge in [0.2, 0.25) is 11.8 Å². The van der Waals surface area contributed by atoms with E-state index in [2.05, 4.69) is 55.8 Å². The lowest BCUT2D eigenvalue weighted by molar-refractivity contribution is -0.199. The molecule has 6 aliphatic rings. The summed E-state index contributed by atoms with van der Waals surface area (Å²) in [5.74, 6) is 4.67. The number of rotatable bonds is 9. The molecule has 1 aromatic heterocycles. The van der Waals surface area contributed by atoms with Crippen LogP contribution in [0.25, 0.3) is 0 Å². The second-order valence-corrected chi connectivity index (χ2v) is 20.9. The van der Waals surface area contributed by atoms with E-state index in [0.717, 1.165) is 57.0 Å². The van der Waals surface area contributed by atoms with Gasteiger partial charge in [-0.25, -0.2) is 9.37 Å². The number of halogens is 2. The summed E-state index contributed by atoms with van der Waals surface area (Å²) < 4.78 is 22.2. The Morgan fingerprint density at radius 2 is 1.71 bits per heavy atom. The van der Waals surface area contributed by atoms with Gasteiger partial charge in [-0.15, -0.1) is 0 Å². The Balaban J connectivity index is 0.769. The molecular weight excluding hydrogens is 847 g/mol. The molecule has 4 aliphatic heterocycles. The van der Waals surface area contributed by atoms with Crippen LogP contribution < -0.4 is 15.0 Å². The fraction of sp³-hybridized carbons (Fsp3) is 0.510. The summed E-state index contributed by atoms with van der Waals surface area (Å²) in [5.41, 5.74) is 2.14. The number of amides is 3. The van der Waals surface area contributed by atoms with Gasteiger partial charge in [0.1, 0.15) is 29.4 Å². The SMILES string of the molecule is CC(=O)c1cc(N2CC3(CCN(C4CCC(C#Cc5ccc6c(n5)CN([C@H]5C(C)(C)[C@H](Oc7ccc(C#N)c(Cl)c7)C5(C)C)C6=O)CC4)C3)C2)c(F)cc1C(=O)CC1CCC(=O)NC1=O. The number of ketones is 2. The highest BCUT2D eigenvalue weighted by molar-refractivity contribution is 6.31. The highest BCUT2D eigenvalue weighted by atomic mass is 35.5. The molecule has 1 unspecified atom stereocenters. The van der Waals surface area contributed by atoms with Crippen LogP contribution in [0, 0.1) is 57.1 Å². The van der Waals surface area contributed by atoms with Crippen LogP contribution in [0.2, 0.25) is 5.02 Å². The van der Waals surface area contributed by atoms with Crippen molar-refractivity contribution in [2.75, 3.05) is 31.1 Å². The van der Waals surface area contributed by atoms with Crippen LogP contribution in [-0.4, -0.2) is 88.4 Å². The Morgan fingerprint density at radius 1 is 0.969 bits per heavy atom. The molecule has 9 rings (SSSR count). The molecule has 65 heavy (non-hydrogen) atoms. The number of fused-ring (bicyclic) bond motifs is 1. The minimum absolute atomic E-state index is 0.0225. The zero-order valence-corrected chi connectivity index (χ0v) is 38.3. The van der Waals surface area contributed by atoms with Gasteiger partial charge in [-0.1, -0.05) is 45.2 Å². The molecule has 5 heterocycles. The number of ether oxygens (including phenoxy) is 1. The summed E-state index contributed by atoms with van der Waals surface area (Å²) in [7, 11) is 0. The van der Waals surface area contributed by atoms with Crippen LogP contribution in [0.15, 0.2) is 42.5 Å². The number of likely N-dealkylation sites (tertiary alicyclic amines) is 1.